The second-order valence-electron chi connectivity index (χ2n) is 12.1. The maximum absolute atomic E-state index is 14.4. The van der Waals surface area contributed by atoms with Crippen molar-refractivity contribution in [1.82, 2.24) is 24.4 Å². The zero-order valence-corrected chi connectivity index (χ0v) is 27.1. The lowest BCUT2D eigenvalue weighted by Gasteiger charge is -2.45. The summed E-state index contributed by atoms with van der Waals surface area (Å²) in [4.78, 5) is 44.7. The van der Waals surface area contributed by atoms with Gasteiger partial charge in [-0.3, -0.25) is 9.78 Å². The molecule has 0 spiro atoms. The number of amides is 1. The van der Waals surface area contributed by atoms with Crippen LogP contribution in [0.3, 0.4) is 0 Å². The highest BCUT2D eigenvalue weighted by Gasteiger charge is 2.36. The average Bonchev–Trinajstić information content (AvgIpc) is 3.00. The first kappa shape index (κ1) is 29.3. The zero-order valence-electron chi connectivity index (χ0n) is 28.3. The number of nitrogens with zero attached hydrogens (tertiary/aromatic N) is 6. The van der Waals surface area contributed by atoms with Gasteiger partial charge in [0.25, 0.3) is 5.91 Å². The second-order valence-corrected chi connectivity index (χ2v) is 12.5. The molecule has 1 aliphatic rings. The van der Waals surface area contributed by atoms with Crippen LogP contribution in [0.1, 0.15) is 72.9 Å². The molecule has 0 saturated carbocycles. The summed E-state index contributed by atoms with van der Waals surface area (Å²) in [6.07, 6.45) is 3.16. The number of benzene rings is 1. The SMILES string of the molecule is [2H]C([2H])=Cc1ccccc1-c1nc2c(cc1Cl)c(N1[C@@H](C)CN(C(=O)C(=C)F)C[C@@H]1C)nc(=O)n2-c1c(C(C)C)ccnc1C(C)C. The summed E-state index contributed by atoms with van der Waals surface area (Å²) < 4.78 is 30.8. The Hall–Kier alpha value is -4.37. The first-order valence-corrected chi connectivity index (χ1v) is 15.4. The quantitative estimate of drug-likeness (QED) is 0.199. The van der Waals surface area contributed by atoms with Crippen molar-refractivity contribution in [2.24, 2.45) is 0 Å². The van der Waals surface area contributed by atoms with Gasteiger partial charge in [-0.1, -0.05) is 82.7 Å². The van der Waals surface area contributed by atoms with E-state index in [-0.39, 0.29) is 48.6 Å². The van der Waals surface area contributed by atoms with Crippen LogP contribution in [-0.4, -0.2) is 55.5 Å². The number of fused-ring (bicyclic) bond motifs is 1. The van der Waals surface area contributed by atoms with Crippen LogP contribution in [-0.2, 0) is 4.79 Å². The minimum atomic E-state index is -1.02. The average molecular weight is 631 g/mol. The zero-order chi connectivity index (χ0) is 34.3. The number of piperazine rings is 1. The molecule has 2 atom stereocenters. The van der Waals surface area contributed by atoms with Crippen molar-refractivity contribution in [1.29, 1.82) is 0 Å². The second kappa shape index (κ2) is 12.6. The predicted octanol–water partition coefficient (Wildman–Crippen LogP) is 7.29. The number of carbonyl (C=O) groups excluding carboxylic acids is 1. The molecule has 1 aromatic carbocycles. The van der Waals surface area contributed by atoms with Gasteiger partial charge in [-0.2, -0.15) is 4.98 Å². The van der Waals surface area contributed by atoms with Crippen LogP contribution in [0, 0.1) is 0 Å². The monoisotopic (exact) mass is 630 g/mol. The van der Waals surface area contributed by atoms with E-state index in [0.29, 0.717) is 45.1 Å². The van der Waals surface area contributed by atoms with Gasteiger partial charge in [-0.05, 0) is 48.9 Å². The van der Waals surface area contributed by atoms with E-state index in [0.717, 1.165) is 5.56 Å². The summed E-state index contributed by atoms with van der Waals surface area (Å²) >= 11 is 7.00. The Morgan fingerprint density at radius 1 is 1.11 bits per heavy atom. The lowest BCUT2D eigenvalue weighted by Crippen LogP contribution is -2.59. The van der Waals surface area contributed by atoms with Crippen LogP contribution < -0.4 is 10.6 Å². The number of aromatic nitrogens is 4. The molecule has 45 heavy (non-hydrogen) atoms. The van der Waals surface area contributed by atoms with Crippen molar-refractivity contribution in [2.45, 2.75) is 65.5 Å². The summed E-state index contributed by atoms with van der Waals surface area (Å²) in [5.41, 5.74) is 3.51. The highest BCUT2D eigenvalue weighted by Crippen LogP contribution is 2.38. The largest absolute Gasteiger partial charge is 0.355 e. The highest BCUT2D eigenvalue weighted by atomic mass is 35.5. The summed E-state index contributed by atoms with van der Waals surface area (Å²) in [6, 6.07) is 10.1. The molecule has 0 bridgehead atoms. The van der Waals surface area contributed by atoms with E-state index in [1.165, 1.54) is 15.5 Å². The number of pyridine rings is 2. The summed E-state index contributed by atoms with van der Waals surface area (Å²) in [6.45, 7) is 15.1. The van der Waals surface area contributed by atoms with E-state index in [1.807, 2.05) is 64.6 Å². The highest BCUT2D eigenvalue weighted by molar-refractivity contribution is 6.34. The van der Waals surface area contributed by atoms with Crippen LogP contribution in [0.25, 0.3) is 34.1 Å². The topological polar surface area (TPSA) is 84.2 Å². The maximum atomic E-state index is 14.4. The number of rotatable bonds is 7. The van der Waals surface area contributed by atoms with Crippen molar-refractivity contribution in [3.8, 4) is 16.9 Å². The third kappa shape index (κ3) is 5.77. The van der Waals surface area contributed by atoms with Gasteiger partial charge < -0.3 is 9.80 Å². The van der Waals surface area contributed by atoms with Gasteiger partial charge >= 0.3 is 5.69 Å². The predicted molar refractivity (Wildman–Crippen MR) is 180 cm³/mol. The van der Waals surface area contributed by atoms with Gasteiger partial charge in [0.15, 0.2) is 11.5 Å². The van der Waals surface area contributed by atoms with Crippen molar-refractivity contribution >= 4 is 40.4 Å². The van der Waals surface area contributed by atoms with Gasteiger partial charge in [0, 0.05) is 36.9 Å². The van der Waals surface area contributed by atoms with E-state index in [1.54, 1.807) is 24.4 Å². The van der Waals surface area contributed by atoms with Gasteiger partial charge in [0.2, 0.25) is 0 Å². The van der Waals surface area contributed by atoms with E-state index < -0.39 is 17.4 Å². The molecular weight excluding hydrogens is 591 g/mol. The van der Waals surface area contributed by atoms with Crippen molar-refractivity contribution in [3.63, 3.8) is 0 Å². The molecule has 0 aliphatic carbocycles. The fourth-order valence-electron chi connectivity index (χ4n) is 6.23. The molecule has 234 valence electrons. The first-order valence-electron chi connectivity index (χ1n) is 16.0. The molecule has 1 fully saturated rings. The molecule has 0 N–H and O–H groups in total. The van der Waals surface area contributed by atoms with Gasteiger partial charge in [-0.15, -0.1) is 0 Å². The molecular formula is C35H38ClFN6O2. The van der Waals surface area contributed by atoms with Crippen LogP contribution in [0.5, 0.6) is 0 Å². The summed E-state index contributed by atoms with van der Waals surface area (Å²) in [5, 5.41) is 0.792. The van der Waals surface area contributed by atoms with Crippen LogP contribution in [0.4, 0.5) is 10.2 Å². The fourth-order valence-corrected chi connectivity index (χ4v) is 6.48. The maximum Gasteiger partial charge on any atom is 0.355 e. The normalized spacial score (nSPS) is 17.5. The molecule has 4 heterocycles. The third-order valence-corrected chi connectivity index (χ3v) is 8.52. The molecule has 0 radical (unpaired) electrons. The molecule has 10 heteroatoms. The molecule has 3 aromatic heterocycles. The molecule has 1 amide bonds. The van der Waals surface area contributed by atoms with Crippen LogP contribution in [0.2, 0.25) is 5.02 Å². The molecule has 5 rings (SSSR count). The Morgan fingerprint density at radius 2 is 1.80 bits per heavy atom. The van der Waals surface area contributed by atoms with Gasteiger partial charge in [-0.25, -0.2) is 18.7 Å². The standard InChI is InChI=1S/C35H38ClFN6O2/c1-9-24-12-10-11-13-26(24)30-28(36)16-27-32(39-30)43(31-25(19(2)3)14-15-38-29(31)20(4)5)35(45)40-33(27)42-21(6)17-41(18-22(42)7)34(44)23(8)37/h9-16,19-22H,1,8,17-18H2,2-7H3/t21-,22-/m0/s1/i1D2. The van der Waals surface area contributed by atoms with Crippen LogP contribution >= 0.6 is 11.6 Å². The summed E-state index contributed by atoms with van der Waals surface area (Å²) in [7, 11) is 0. The van der Waals surface area contributed by atoms with E-state index in [4.69, 9.17) is 19.3 Å². The van der Waals surface area contributed by atoms with E-state index >= 15 is 0 Å². The third-order valence-electron chi connectivity index (χ3n) is 8.23. The number of hydrogen-bond acceptors (Lipinski definition) is 6. The van der Waals surface area contributed by atoms with E-state index in [2.05, 4.69) is 16.5 Å². The molecule has 4 aromatic rings. The molecule has 1 aliphatic heterocycles. The van der Waals surface area contributed by atoms with Gasteiger partial charge in [0.1, 0.15) is 5.82 Å². The summed E-state index contributed by atoms with van der Waals surface area (Å²) in [5.74, 6) is -1.44. The van der Waals surface area contributed by atoms with Crippen molar-refractivity contribution in [2.75, 3.05) is 18.0 Å². The Balaban J connectivity index is 1.87. The number of carbonyl (C=O) groups is 1. The van der Waals surface area contributed by atoms with E-state index in [9.17, 15) is 14.0 Å². The number of anilines is 1. The minimum Gasteiger partial charge on any atom is -0.347 e. The van der Waals surface area contributed by atoms with Crippen molar-refractivity contribution < 1.29 is 11.9 Å². The van der Waals surface area contributed by atoms with Gasteiger partial charge in [0.05, 0.1) is 30.2 Å². The smallest absolute Gasteiger partial charge is 0.347 e. The Bertz CT molecular complexity index is 1940. The first-order chi connectivity index (χ1) is 22.2. The van der Waals surface area contributed by atoms with Crippen LogP contribution in [0.15, 0.2) is 66.3 Å². The minimum absolute atomic E-state index is 0.0354. The lowest BCUT2D eigenvalue weighted by atomic mass is 9.97. The molecule has 8 nitrogen and oxygen atoms in total. The Labute approximate surface area is 270 Å². The lowest BCUT2D eigenvalue weighted by molar-refractivity contribution is -0.129. The molecule has 0 unspecified atom stereocenters. The number of halogens is 2. The molecule has 1 saturated heterocycles. The van der Waals surface area contributed by atoms with Crippen molar-refractivity contribution in [3.05, 3.63) is 93.9 Å². The Kier molecular flexibility index (Phi) is 8.19. The fraction of sp³-hybridized carbons (Fsp3) is 0.343. The number of hydrogen-bond donors (Lipinski definition) is 0. The Morgan fingerprint density at radius 3 is 2.42 bits per heavy atom.